The lowest BCUT2D eigenvalue weighted by Crippen LogP contribution is -2.38. The Labute approximate surface area is 154 Å². The van der Waals surface area contributed by atoms with Crippen molar-refractivity contribution in [1.82, 2.24) is 9.97 Å². The third kappa shape index (κ3) is 3.73. The van der Waals surface area contributed by atoms with E-state index in [1.807, 2.05) is 0 Å². The van der Waals surface area contributed by atoms with Crippen LogP contribution in [-0.4, -0.2) is 21.8 Å². The van der Waals surface area contributed by atoms with Gasteiger partial charge in [-0.3, -0.25) is 9.78 Å². The molecule has 0 aliphatic heterocycles. The summed E-state index contributed by atoms with van der Waals surface area (Å²) < 4.78 is 55.5. The van der Waals surface area contributed by atoms with Gasteiger partial charge in [0.2, 0.25) is 11.8 Å². The predicted octanol–water partition coefficient (Wildman–Crippen LogP) is 5.27. The van der Waals surface area contributed by atoms with Crippen molar-refractivity contribution in [1.29, 1.82) is 0 Å². The first kappa shape index (κ1) is 18.4. The Morgan fingerprint density at radius 3 is 2.48 bits per heavy atom. The van der Waals surface area contributed by atoms with E-state index in [-0.39, 0.29) is 42.9 Å². The van der Waals surface area contributed by atoms with Gasteiger partial charge >= 0.3 is 0 Å². The van der Waals surface area contributed by atoms with Gasteiger partial charge in [-0.05, 0) is 37.2 Å². The topological polar surface area (TPSA) is 45.8 Å². The molecule has 2 atom stereocenters. The maximum atomic E-state index is 14.2. The normalized spacial score (nSPS) is 28.3. The smallest absolute Gasteiger partial charge is 0.248 e. The number of fused-ring (bicyclic) bond motifs is 1. The average molecular weight is 382 g/mol. The molecule has 3 nitrogen and oxygen atoms in total. The van der Waals surface area contributed by atoms with Crippen molar-refractivity contribution in [3.8, 4) is 0 Å². The summed E-state index contributed by atoms with van der Waals surface area (Å²) in [4.78, 5) is 19.5. The van der Waals surface area contributed by atoms with E-state index < -0.39 is 17.8 Å². The van der Waals surface area contributed by atoms with Crippen LogP contribution in [0.1, 0.15) is 56.6 Å². The highest BCUT2D eigenvalue weighted by molar-refractivity contribution is 5.77. The molecule has 2 saturated carbocycles. The SMILES string of the molecule is O=c1cc([C@@H]2CC(F)(F)CC[C@H]2C2CCC(F)(F)CC2)[nH]c2ccncc12. The van der Waals surface area contributed by atoms with Gasteiger partial charge in [0.15, 0.2) is 5.43 Å². The second-order valence-corrected chi connectivity index (χ2v) is 8.07. The van der Waals surface area contributed by atoms with E-state index in [1.165, 1.54) is 18.5 Å². The molecule has 4 rings (SSSR count). The first-order chi connectivity index (χ1) is 12.7. The number of aromatic nitrogens is 2. The molecule has 0 bridgehead atoms. The number of nitrogens with zero attached hydrogens (tertiary/aromatic N) is 1. The van der Waals surface area contributed by atoms with Crippen LogP contribution in [0.4, 0.5) is 17.6 Å². The second-order valence-electron chi connectivity index (χ2n) is 8.07. The lowest BCUT2D eigenvalue weighted by Gasteiger charge is -2.42. The van der Waals surface area contributed by atoms with Gasteiger partial charge < -0.3 is 4.98 Å². The monoisotopic (exact) mass is 382 g/mol. The first-order valence-corrected chi connectivity index (χ1v) is 9.47. The van der Waals surface area contributed by atoms with Gasteiger partial charge in [0, 0.05) is 55.8 Å². The summed E-state index contributed by atoms with van der Waals surface area (Å²) in [5.41, 5.74) is 0.797. The van der Waals surface area contributed by atoms with Gasteiger partial charge in [0.25, 0.3) is 0 Å². The van der Waals surface area contributed by atoms with Crippen LogP contribution in [0.3, 0.4) is 0 Å². The van der Waals surface area contributed by atoms with Gasteiger partial charge in [0.1, 0.15) is 0 Å². The predicted molar refractivity (Wildman–Crippen MR) is 94.3 cm³/mol. The molecule has 7 heteroatoms. The average Bonchev–Trinajstić information content (AvgIpc) is 2.61. The summed E-state index contributed by atoms with van der Waals surface area (Å²) in [6.07, 6.45) is 3.05. The zero-order valence-electron chi connectivity index (χ0n) is 14.9. The van der Waals surface area contributed by atoms with Crippen LogP contribution in [0.5, 0.6) is 0 Å². The Kier molecular flexibility index (Phi) is 4.51. The van der Waals surface area contributed by atoms with Crippen molar-refractivity contribution in [2.24, 2.45) is 11.8 Å². The molecule has 0 saturated heterocycles. The molecule has 27 heavy (non-hydrogen) atoms. The lowest BCUT2D eigenvalue weighted by atomic mass is 9.65. The van der Waals surface area contributed by atoms with Crippen LogP contribution in [0, 0.1) is 11.8 Å². The van der Waals surface area contributed by atoms with Crippen molar-refractivity contribution in [3.63, 3.8) is 0 Å². The molecule has 146 valence electrons. The molecule has 2 aliphatic carbocycles. The van der Waals surface area contributed by atoms with Crippen LogP contribution in [-0.2, 0) is 0 Å². The molecule has 0 amide bonds. The molecule has 1 N–H and O–H groups in total. The molecule has 2 heterocycles. The quantitative estimate of drug-likeness (QED) is 0.720. The van der Waals surface area contributed by atoms with Crippen LogP contribution < -0.4 is 5.43 Å². The molecular formula is C20H22F4N2O. The molecule has 0 aromatic carbocycles. The fourth-order valence-electron chi connectivity index (χ4n) is 4.86. The summed E-state index contributed by atoms with van der Waals surface area (Å²) in [6, 6.07) is 3.04. The number of H-pyrrole nitrogens is 1. The van der Waals surface area contributed by atoms with E-state index in [2.05, 4.69) is 9.97 Å². The van der Waals surface area contributed by atoms with E-state index in [0.29, 0.717) is 35.9 Å². The minimum Gasteiger partial charge on any atom is -0.358 e. The summed E-state index contributed by atoms with van der Waals surface area (Å²) in [6.45, 7) is 0. The highest BCUT2D eigenvalue weighted by atomic mass is 19.3. The van der Waals surface area contributed by atoms with Crippen LogP contribution in [0.15, 0.2) is 29.3 Å². The molecule has 2 aromatic heterocycles. The number of nitrogens with one attached hydrogen (secondary N) is 1. The van der Waals surface area contributed by atoms with Crippen molar-refractivity contribution >= 4 is 10.9 Å². The van der Waals surface area contributed by atoms with Gasteiger partial charge in [0.05, 0.1) is 10.9 Å². The second kappa shape index (κ2) is 6.60. The summed E-state index contributed by atoms with van der Waals surface area (Å²) in [7, 11) is 0. The van der Waals surface area contributed by atoms with Crippen molar-refractivity contribution in [3.05, 3.63) is 40.4 Å². The number of halogens is 4. The van der Waals surface area contributed by atoms with E-state index in [9.17, 15) is 22.4 Å². The molecule has 2 aliphatic rings. The largest absolute Gasteiger partial charge is 0.358 e. The summed E-state index contributed by atoms with van der Waals surface area (Å²) in [5, 5.41) is 0.415. The molecule has 0 radical (unpaired) electrons. The van der Waals surface area contributed by atoms with Gasteiger partial charge in [-0.2, -0.15) is 0 Å². The number of pyridine rings is 2. The highest BCUT2D eigenvalue weighted by Gasteiger charge is 2.47. The standard InChI is InChI=1S/C20H22F4N2O/c21-19(22)5-1-12(2-6-19)13-3-7-20(23,24)10-14(13)17-9-18(27)15-11-25-8-4-16(15)26-17/h4,8-9,11-14H,1-3,5-7,10H2,(H,26,27)/t13-,14+/m0/s1. The maximum Gasteiger partial charge on any atom is 0.248 e. The third-order valence-corrected chi connectivity index (χ3v) is 6.30. The Hall–Kier alpha value is -1.92. The van der Waals surface area contributed by atoms with E-state index in [1.54, 1.807) is 6.07 Å². The third-order valence-electron chi connectivity index (χ3n) is 6.30. The number of hydrogen-bond acceptors (Lipinski definition) is 2. The Bertz CT molecular complexity index is 885. The summed E-state index contributed by atoms with van der Waals surface area (Å²) >= 11 is 0. The van der Waals surface area contributed by atoms with Crippen molar-refractivity contribution in [2.75, 3.05) is 0 Å². The number of hydrogen-bond donors (Lipinski definition) is 1. The lowest BCUT2D eigenvalue weighted by molar-refractivity contribution is -0.0840. The fourth-order valence-corrected chi connectivity index (χ4v) is 4.86. The number of rotatable bonds is 2. The van der Waals surface area contributed by atoms with Crippen LogP contribution >= 0.6 is 0 Å². The fraction of sp³-hybridized carbons (Fsp3) is 0.600. The Balaban J connectivity index is 1.69. The van der Waals surface area contributed by atoms with E-state index in [0.717, 1.165) is 0 Å². The molecule has 2 fully saturated rings. The van der Waals surface area contributed by atoms with Gasteiger partial charge in [-0.25, -0.2) is 17.6 Å². The van der Waals surface area contributed by atoms with Crippen LogP contribution in [0.2, 0.25) is 0 Å². The zero-order chi connectivity index (χ0) is 19.2. The van der Waals surface area contributed by atoms with Crippen molar-refractivity contribution in [2.45, 2.75) is 62.7 Å². The van der Waals surface area contributed by atoms with Crippen LogP contribution in [0.25, 0.3) is 10.9 Å². The summed E-state index contributed by atoms with van der Waals surface area (Å²) in [5.74, 6) is -6.10. The first-order valence-electron chi connectivity index (χ1n) is 9.47. The minimum absolute atomic E-state index is 0.0117. The maximum absolute atomic E-state index is 14.2. The van der Waals surface area contributed by atoms with Gasteiger partial charge in [-0.1, -0.05) is 0 Å². The van der Waals surface area contributed by atoms with Crippen molar-refractivity contribution < 1.29 is 17.6 Å². The molecule has 0 spiro atoms. The van der Waals surface area contributed by atoms with E-state index >= 15 is 0 Å². The zero-order valence-corrected chi connectivity index (χ0v) is 14.9. The molecular weight excluding hydrogens is 360 g/mol. The highest BCUT2D eigenvalue weighted by Crippen LogP contribution is 2.51. The number of aromatic amines is 1. The Morgan fingerprint density at radius 1 is 1.04 bits per heavy atom. The molecule has 2 aromatic rings. The number of alkyl halides is 4. The van der Waals surface area contributed by atoms with E-state index in [4.69, 9.17) is 0 Å². The minimum atomic E-state index is -2.80. The Morgan fingerprint density at radius 2 is 1.74 bits per heavy atom. The molecule has 0 unspecified atom stereocenters. The van der Waals surface area contributed by atoms with Gasteiger partial charge in [-0.15, -0.1) is 0 Å².